The average Bonchev–Trinajstić information content (AvgIpc) is 2.70. The Morgan fingerprint density at radius 1 is 1.07 bits per heavy atom. The topological polar surface area (TPSA) is 20.3 Å². The fourth-order valence-electron chi connectivity index (χ4n) is 4.51. The van der Waals surface area contributed by atoms with Gasteiger partial charge in [0.05, 0.1) is 5.83 Å². The Balaban J connectivity index is 1.43. The first kappa shape index (κ1) is 21.0. The lowest BCUT2D eigenvalue weighted by Crippen LogP contribution is -2.33. The lowest BCUT2D eigenvalue weighted by Gasteiger charge is -2.32. The summed E-state index contributed by atoms with van der Waals surface area (Å²) in [5.41, 5.74) is 3.39. The normalized spacial score (nSPS) is 21.4. The van der Waals surface area contributed by atoms with Gasteiger partial charge >= 0.3 is 0 Å². The maximum atomic E-state index is 14.8. The molecule has 1 aliphatic carbocycles. The molecule has 0 bridgehead atoms. The van der Waals surface area contributed by atoms with Crippen molar-refractivity contribution in [1.82, 2.24) is 4.90 Å². The molecule has 1 aromatic rings. The molecule has 0 N–H and O–H groups in total. The van der Waals surface area contributed by atoms with E-state index < -0.39 is 0 Å². The van der Waals surface area contributed by atoms with Crippen LogP contribution >= 0.6 is 0 Å². The molecule has 0 spiro atoms. The van der Waals surface area contributed by atoms with E-state index >= 15 is 0 Å². The molecule has 2 nitrogen and oxygen atoms in total. The summed E-state index contributed by atoms with van der Waals surface area (Å²) in [6.45, 7) is 7.02. The first-order valence-electron chi connectivity index (χ1n) is 10.8. The van der Waals surface area contributed by atoms with Crippen molar-refractivity contribution in [1.29, 1.82) is 0 Å². The minimum atomic E-state index is 0.0904. The monoisotopic (exact) mass is 383 g/mol. The summed E-state index contributed by atoms with van der Waals surface area (Å²) < 4.78 is 14.8. The zero-order valence-corrected chi connectivity index (χ0v) is 17.4. The van der Waals surface area contributed by atoms with E-state index in [1.807, 2.05) is 13.8 Å². The summed E-state index contributed by atoms with van der Waals surface area (Å²) in [5, 5.41) is 0. The van der Waals surface area contributed by atoms with Gasteiger partial charge in [-0.25, -0.2) is 4.39 Å². The molecule has 0 amide bonds. The molecule has 1 aromatic carbocycles. The van der Waals surface area contributed by atoms with Gasteiger partial charge in [0, 0.05) is 18.9 Å². The van der Waals surface area contributed by atoms with Crippen LogP contribution in [-0.4, -0.2) is 23.8 Å². The van der Waals surface area contributed by atoms with Gasteiger partial charge in [-0.1, -0.05) is 35.9 Å². The van der Waals surface area contributed by atoms with E-state index in [0.717, 1.165) is 69.3 Å². The van der Waals surface area contributed by atoms with Crippen LogP contribution in [-0.2, 0) is 11.3 Å². The Hall–Kier alpha value is -1.74. The van der Waals surface area contributed by atoms with Crippen LogP contribution in [0.1, 0.15) is 64.4 Å². The molecule has 3 heteroatoms. The fraction of sp³-hybridized carbons (Fsp3) is 0.560. The second-order valence-electron chi connectivity index (χ2n) is 8.82. The van der Waals surface area contributed by atoms with E-state index in [1.54, 1.807) is 6.08 Å². The van der Waals surface area contributed by atoms with E-state index in [-0.39, 0.29) is 17.5 Å². The molecule has 1 saturated carbocycles. The zero-order valence-electron chi connectivity index (χ0n) is 17.4. The Morgan fingerprint density at radius 2 is 1.71 bits per heavy atom. The number of hydrogen-bond acceptors (Lipinski definition) is 2. The van der Waals surface area contributed by atoms with Gasteiger partial charge in [0.25, 0.3) is 0 Å². The summed E-state index contributed by atoms with van der Waals surface area (Å²) in [5.74, 6) is 0.900. The number of allylic oxidation sites excluding steroid dienone is 4. The second-order valence-corrected chi connectivity index (χ2v) is 8.82. The third-order valence-electron chi connectivity index (χ3n) is 6.23. The molecule has 1 aliphatic heterocycles. The number of carbonyl (C=O) groups is 1. The van der Waals surface area contributed by atoms with Crippen molar-refractivity contribution >= 4 is 5.78 Å². The molecule has 1 saturated heterocycles. The fourth-order valence-corrected chi connectivity index (χ4v) is 4.51. The number of benzene rings is 1. The highest BCUT2D eigenvalue weighted by Crippen LogP contribution is 2.35. The average molecular weight is 384 g/mol. The Labute approximate surface area is 169 Å². The number of nitrogens with zero attached hydrogens (tertiary/aromatic N) is 1. The van der Waals surface area contributed by atoms with Crippen molar-refractivity contribution in [3.8, 4) is 0 Å². The Morgan fingerprint density at radius 3 is 2.32 bits per heavy atom. The van der Waals surface area contributed by atoms with Gasteiger partial charge in [0.15, 0.2) is 5.78 Å². The first-order valence-corrected chi connectivity index (χ1v) is 10.8. The van der Waals surface area contributed by atoms with Crippen molar-refractivity contribution in [3.05, 3.63) is 58.9 Å². The lowest BCUT2D eigenvalue weighted by atomic mass is 9.81. The molecule has 0 unspecified atom stereocenters. The highest BCUT2D eigenvalue weighted by Gasteiger charge is 2.26. The van der Waals surface area contributed by atoms with Crippen LogP contribution in [0.25, 0.3) is 0 Å². The standard InChI is InChI=1S/C25H34FNO/c1-19(2)16-25(28)23-10-8-22(9-11-23)24(26)17-20-12-14-27(15-13-20)18-21-6-4-3-5-7-21/h3-7,16,20,23H,8-15,17-18H2,1-2H3. The first-order chi connectivity index (χ1) is 13.5. The third kappa shape index (κ3) is 6.13. The molecule has 2 aliphatic rings. The lowest BCUT2D eigenvalue weighted by molar-refractivity contribution is -0.118. The number of rotatable bonds is 6. The predicted molar refractivity (Wildman–Crippen MR) is 114 cm³/mol. The van der Waals surface area contributed by atoms with E-state index in [2.05, 4.69) is 35.2 Å². The molecule has 0 radical (unpaired) electrons. The molecule has 0 aromatic heterocycles. The van der Waals surface area contributed by atoms with Gasteiger partial charge in [-0.3, -0.25) is 9.69 Å². The molecular weight excluding hydrogens is 349 g/mol. The Bertz CT molecular complexity index is 699. The van der Waals surface area contributed by atoms with Crippen LogP contribution in [0.5, 0.6) is 0 Å². The molecule has 3 rings (SSSR count). The van der Waals surface area contributed by atoms with Gasteiger partial charge in [-0.2, -0.15) is 0 Å². The maximum Gasteiger partial charge on any atom is 0.158 e. The van der Waals surface area contributed by atoms with Gasteiger partial charge in [0.1, 0.15) is 0 Å². The van der Waals surface area contributed by atoms with E-state index in [1.165, 1.54) is 5.56 Å². The van der Waals surface area contributed by atoms with Crippen molar-refractivity contribution in [2.45, 2.75) is 65.3 Å². The Kier molecular flexibility index (Phi) is 7.61. The third-order valence-corrected chi connectivity index (χ3v) is 6.23. The minimum absolute atomic E-state index is 0.0904. The summed E-state index contributed by atoms with van der Waals surface area (Å²) in [6, 6.07) is 10.6. The molecule has 28 heavy (non-hydrogen) atoms. The number of likely N-dealkylation sites (tertiary alicyclic amines) is 1. The highest BCUT2D eigenvalue weighted by molar-refractivity contribution is 5.92. The quantitative estimate of drug-likeness (QED) is 0.542. The van der Waals surface area contributed by atoms with Crippen molar-refractivity contribution in [2.24, 2.45) is 11.8 Å². The van der Waals surface area contributed by atoms with Gasteiger partial charge in [-0.05, 0) is 88.6 Å². The van der Waals surface area contributed by atoms with Crippen LogP contribution in [0.4, 0.5) is 4.39 Å². The van der Waals surface area contributed by atoms with Crippen molar-refractivity contribution in [3.63, 3.8) is 0 Å². The molecule has 0 atom stereocenters. The molecule has 152 valence electrons. The molecular formula is C25H34FNO. The largest absolute Gasteiger partial charge is 0.299 e. The molecule has 1 heterocycles. The number of piperidine rings is 1. The molecule has 2 fully saturated rings. The summed E-state index contributed by atoms with van der Waals surface area (Å²) >= 11 is 0. The predicted octanol–water partition coefficient (Wildman–Crippen LogP) is 6.24. The minimum Gasteiger partial charge on any atom is -0.299 e. The van der Waals surface area contributed by atoms with Gasteiger partial charge in [0.2, 0.25) is 0 Å². The van der Waals surface area contributed by atoms with Crippen molar-refractivity contribution in [2.75, 3.05) is 13.1 Å². The number of hydrogen-bond donors (Lipinski definition) is 0. The van der Waals surface area contributed by atoms with Gasteiger partial charge in [-0.15, -0.1) is 0 Å². The highest BCUT2D eigenvalue weighted by atomic mass is 19.1. The zero-order chi connectivity index (χ0) is 19.9. The number of halogens is 1. The smallest absolute Gasteiger partial charge is 0.158 e. The van der Waals surface area contributed by atoms with E-state index in [9.17, 15) is 9.18 Å². The maximum absolute atomic E-state index is 14.8. The number of carbonyl (C=O) groups excluding carboxylic acids is 1. The SMILES string of the molecule is CC(C)=CC(=O)C1CCC(=C(F)CC2CCN(Cc3ccccc3)CC2)CC1. The van der Waals surface area contributed by atoms with Crippen molar-refractivity contribution < 1.29 is 9.18 Å². The van der Waals surface area contributed by atoms with Crippen LogP contribution in [0.3, 0.4) is 0 Å². The van der Waals surface area contributed by atoms with Crippen LogP contribution in [0.15, 0.2) is 53.4 Å². The summed E-state index contributed by atoms with van der Waals surface area (Å²) in [6.07, 6.45) is 7.63. The van der Waals surface area contributed by atoms with Gasteiger partial charge < -0.3 is 0 Å². The van der Waals surface area contributed by atoms with E-state index in [0.29, 0.717) is 12.3 Å². The summed E-state index contributed by atoms with van der Waals surface area (Å²) in [7, 11) is 0. The van der Waals surface area contributed by atoms with E-state index in [4.69, 9.17) is 0 Å². The number of ketones is 1. The summed E-state index contributed by atoms with van der Waals surface area (Å²) in [4.78, 5) is 14.7. The van der Waals surface area contributed by atoms with Crippen LogP contribution in [0.2, 0.25) is 0 Å². The van der Waals surface area contributed by atoms with Crippen LogP contribution < -0.4 is 0 Å². The second kappa shape index (κ2) is 10.2. The van der Waals surface area contributed by atoms with Crippen LogP contribution in [0, 0.1) is 11.8 Å².